The van der Waals surface area contributed by atoms with Crippen LogP contribution in [0.15, 0.2) is 0 Å². The molecule has 1 rings (SSSR count). The van der Waals surface area contributed by atoms with Crippen LogP contribution >= 0.6 is 11.8 Å². The molecule has 0 radical (unpaired) electrons. The monoisotopic (exact) mass is 460 g/mol. The van der Waals surface area contributed by atoms with E-state index in [0.717, 1.165) is 18.6 Å². The summed E-state index contributed by atoms with van der Waals surface area (Å²) in [5, 5.41) is 9.38. The number of unbranched alkanes of at least 4 members (excludes halogenated alkanes) is 6. The molecule has 2 unspecified atom stereocenters. The zero-order valence-electron chi connectivity index (χ0n) is 20.0. The fourth-order valence-electron chi connectivity index (χ4n) is 5.18. The van der Waals surface area contributed by atoms with Crippen LogP contribution in [0.3, 0.4) is 0 Å². The summed E-state index contributed by atoms with van der Waals surface area (Å²) in [4.78, 5) is 11.4. The first kappa shape index (κ1) is 28.2. The minimum atomic E-state index is -0.196. The lowest BCUT2D eigenvalue weighted by atomic mass is 10.0. The molecular weight excluding hydrogens is 410 g/mol. The van der Waals surface area contributed by atoms with Crippen molar-refractivity contribution >= 4 is 26.6 Å². The maximum atomic E-state index is 11.4. The second kappa shape index (κ2) is 18.7. The van der Waals surface area contributed by atoms with E-state index in [1.807, 2.05) is 0 Å². The van der Waals surface area contributed by atoms with Gasteiger partial charge in [-0.3, -0.25) is 4.79 Å². The van der Waals surface area contributed by atoms with E-state index < -0.39 is 0 Å². The van der Waals surface area contributed by atoms with E-state index in [1.54, 1.807) is 6.92 Å². The number of hydrogen-bond donors (Lipinski definition) is 1. The molecule has 0 bridgehead atoms. The first-order chi connectivity index (χ1) is 14.6. The zero-order chi connectivity index (χ0) is 21.9. The van der Waals surface area contributed by atoms with Gasteiger partial charge in [0.2, 0.25) is 0 Å². The number of aliphatic hydroxyl groups is 1. The van der Waals surface area contributed by atoms with Crippen LogP contribution in [0.2, 0.25) is 6.04 Å². The van der Waals surface area contributed by atoms with Gasteiger partial charge in [-0.2, -0.15) is 0 Å². The lowest BCUT2D eigenvalue weighted by molar-refractivity contribution is -0.851. The van der Waals surface area contributed by atoms with Crippen LogP contribution in [0, 0.1) is 0 Å². The van der Waals surface area contributed by atoms with Crippen LogP contribution in [0.1, 0.15) is 104 Å². The van der Waals surface area contributed by atoms with Crippen molar-refractivity contribution in [2.24, 2.45) is 0 Å². The van der Waals surface area contributed by atoms with E-state index in [0.29, 0.717) is 12.6 Å². The van der Waals surface area contributed by atoms with Crippen molar-refractivity contribution < 1.29 is 18.8 Å². The average molecular weight is 461 g/mol. The zero-order valence-corrected chi connectivity index (χ0v) is 22.3. The van der Waals surface area contributed by atoms with Gasteiger partial charge in [0.15, 0.2) is 5.12 Å². The maximum absolute atomic E-state index is 11.4. The van der Waals surface area contributed by atoms with Gasteiger partial charge in [0.25, 0.3) is 9.68 Å². The highest BCUT2D eigenvalue weighted by Gasteiger charge is 2.35. The number of rotatable bonds is 17. The van der Waals surface area contributed by atoms with E-state index in [4.69, 9.17) is 9.84 Å². The fourth-order valence-corrected chi connectivity index (χ4v) is 8.57. The quantitative estimate of drug-likeness (QED) is 0.179. The van der Waals surface area contributed by atoms with E-state index in [-0.39, 0.29) is 21.6 Å². The molecule has 1 fully saturated rings. The molecule has 0 saturated carbocycles. The average Bonchev–Trinajstić information content (AvgIpc) is 2.71. The van der Waals surface area contributed by atoms with Crippen LogP contribution in [0.5, 0.6) is 0 Å². The molecular formula is C24H50NO3SSi+. The van der Waals surface area contributed by atoms with Crippen LogP contribution in [-0.2, 0) is 9.53 Å². The van der Waals surface area contributed by atoms with Crippen LogP contribution in [0.25, 0.3) is 0 Å². The number of quaternary nitrogens is 1. The smallest absolute Gasteiger partial charge is 0.255 e. The number of carbonyl (C=O) groups is 1. The summed E-state index contributed by atoms with van der Waals surface area (Å²) in [6, 6.07) is 2.16. The molecule has 1 saturated heterocycles. The third-order valence-corrected chi connectivity index (χ3v) is 10.6. The largest absolute Gasteiger partial charge is 0.385 e. The summed E-state index contributed by atoms with van der Waals surface area (Å²) in [5.41, 5.74) is 0. The van der Waals surface area contributed by atoms with E-state index in [2.05, 4.69) is 6.92 Å². The molecule has 0 aromatic carbocycles. The van der Waals surface area contributed by atoms with Gasteiger partial charge < -0.3 is 14.0 Å². The van der Waals surface area contributed by atoms with Crippen molar-refractivity contribution in [2.75, 3.05) is 32.2 Å². The molecule has 0 aliphatic carbocycles. The lowest BCUT2D eigenvalue weighted by Crippen LogP contribution is -2.59. The van der Waals surface area contributed by atoms with Crippen molar-refractivity contribution in [2.45, 2.75) is 116 Å². The Kier molecular flexibility index (Phi) is 17.5. The Balaban J connectivity index is 2.70. The van der Waals surface area contributed by atoms with Gasteiger partial charge in [-0.05, 0) is 31.7 Å². The molecule has 1 N–H and O–H groups in total. The molecule has 0 spiro atoms. The van der Waals surface area contributed by atoms with Crippen LogP contribution in [-0.4, -0.2) is 62.3 Å². The second-order valence-electron chi connectivity index (χ2n) is 9.24. The number of ether oxygens (including phenoxy) is 1. The van der Waals surface area contributed by atoms with E-state index >= 15 is 0 Å². The van der Waals surface area contributed by atoms with E-state index in [1.165, 1.54) is 112 Å². The summed E-state index contributed by atoms with van der Waals surface area (Å²) >= 11 is 1.50. The number of thioether (sulfide) groups is 1. The topological polar surface area (TPSA) is 46.5 Å². The predicted molar refractivity (Wildman–Crippen MR) is 134 cm³/mol. The Labute approximate surface area is 193 Å². The fraction of sp³-hybridized carbons (Fsp3) is 0.958. The summed E-state index contributed by atoms with van der Waals surface area (Å²) < 4.78 is 6.76. The first-order valence-electron chi connectivity index (χ1n) is 12.8. The van der Waals surface area contributed by atoms with Gasteiger partial charge in [-0.25, -0.2) is 0 Å². The van der Waals surface area contributed by atoms with Crippen LogP contribution in [0.4, 0.5) is 0 Å². The third-order valence-electron chi connectivity index (χ3n) is 6.86. The Morgan fingerprint density at radius 2 is 1.77 bits per heavy atom. The SMILES string of the molecule is CCCCCCCCCC(CCOCO)[N+]1(CCCSC(C)=O)CCCCCC[SiH2]1. The highest BCUT2D eigenvalue weighted by atomic mass is 32.2. The summed E-state index contributed by atoms with van der Waals surface area (Å²) in [6.45, 7) is 7.11. The minimum absolute atomic E-state index is 0.156. The molecule has 1 aliphatic rings. The summed E-state index contributed by atoms with van der Waals surface area (Å²) in [7, 11) is -0.196. The highest BCUT2D eigenvalue weighted by Crippen LogP contribution is 2.28. The molecule has 178 valence electrons. The maximum Gasteiger partial charge on any atom is 0.255 e. The Morgan fingerprint density at radius 1 is 1.03 bits per heavy atom. The molecule has 1 heterocycles. The van der Waals surface area contributed by atoms with Gasteiger partial charge in [0.05, 0.1) is 25.7 Å². The second-order valence-corrected chi connectivity index (χ2v) is 12.9. The molecule has 1 aliphatic heterocycles. The molecule has 4 nitrogen and oxygen atoms in total. The normalized spacial score (nSPS) is 22.0. The third kappa shape index (κ3) is 12.8. The number of aliphatic hydroxyl groups excluding tert-OH is 1. The van der Waals surface area contributed by atoms with Crippen molar-refractivity contribution in [3.63, 3.8) is 0 Å². The van der Waals surface area contributed by atoms with E-state index in [9.17, 15) is 4.79 Å². The van der Waals surface area contributed by atoms with Gasteiger partial charge in [0, 0.05) is 25.5 Å². The van der Waals surface area contributed by atoms with Gasteiger partial charge in [-0.1, -0.05) is 70.1 Å². The Bertz CT molecular complexity index is 417. The van der Waals surface area contributed by atoms with Crippen molar-refractivity contribution in [3.05, 3.63) is 0 Å². The first-order valence-corrected chi connectivity index (χ1v) is 15.4. The predicted octanol–water partition coefficient (Wildman–Crippen LogP) is 5.41. The molecule has 6 heteroatoms. The Hall–Kier alpha value is 0.117. The van der Waals surface area contributed by atoms with Gasteiger partial charge >= 0.3 is 0 Å². The Morgan fingerprint density at radius 3 is 2.50 bits per heavy atom. The summed E-state index contributed by atoms with van der Waals surface area (Å²) in [5.74, 6) is 0.973. The summed E-state index contributed by atoms with van der Waals surface area (Å²) in [6.07, 6.45) is 18.7. The van der Waals surface area contributed by atoms with Gasteiger partial charge in [0.1, 0.15) is 6.79 Å². The molecule has 2 atom stereocenters. The number of nitrogens with zero attached hydrogens (tertiary/aromatic N) is 1. The van der Waals surface area contributed by atoms with Crippen molar-refractivity contribution in [3.8, 4) is 0 Å². The van der Waals surface area contributed by atoms with Crippen molar-refractivity contribution in [1.29, 1.82) is 0 Å². The highest BCUT2D eigenvalue weighted by molar-refractivity contribution is 8.13. The lowest BCUT2D eigenvalue weighted by Gasteiger charge is -2.48. The minimum Gasteiger partial charge on any atom is -0.385 e. The molecule has 0 aromatic heterocycles. The molecule has 30 heavy (non-hydrogen) atoms. The molecule has 0 amide bonds. The van der Waals surface area contributed by atoms with Gasteiger partial charge in [-0.15, -0.1) is 0 Å². The van der Waals surface area contributed by atoms with Crippen molar-refractivity contribution in [1.82, 2.24) is 0 Å². The number of hydrogen-bond acceptors (Lipinski definition) is 4. The molecule has 0 aromatic rings. The standard InChI is InChI=1S/C24H50NO3SSi/c1-3-4-5-6-7-8-11-15-24(16-19-28-22-26)25(18-14-20-29-23(2)27)17-12-9-10-13-21-30-25/h24,26H,3-22,30H2,1-2H3/q+1. The number of carbonyl (C=O) groups excluding carboxylic acids is 1. The van der Waals surface area contributed by atoms with Crippen LogP contribution < -0.4 is 0 Å².